The number of nitrogens with one attached hydrogen (secondary N) is 1. The standard InChI is InChI=1S/C16H32N2O/c1-15(2,3)14-12-17-16(8-6-5-7-9-16)13-18(14)10-11-19-4/h14,17H,5-13H2,1-4H3. The SMILES string of the molecule is COCCN1CC2(CCCCC2)NCC1C(C)(C)C. The average Bonchev–Trinajstić information content (AvgIpc) is 2.36. The van der Waals surface area contributed by atoms with E-state index in [1.165, 1.54) is 38.6 Å². The van der Waals surface area contributed by atoms with Gasteiger partial charge in [-0.1, -0.05) is 40.0 Å². The van der Waals surface area contributed by atoms with Gasteiger partial charge in [0, 0.05) is 38.3 Å². The summed E-state index contributed by atoms with van der Waals surface area (Å²) >= 11 is 0. The molecule has 0 amide bonds. The molecule has 0 aromatic heterocycles. The third-order valence-corrected chi connectivity index (χ3v) is 5.01. The summed E-state index contributed by atoms with van der Waals surface area (Å²) in [5.41, 5.74) is 0.727. The molecule has 19 heavy (non-hydrogen) atoms. The lowest BCUT2D eigenvalue weighted by atomic mass is 9.76. The number of piperazine rings is 1. The van der Waals surface area contributed by atoms with Crippen molar-refractivity contribution in [2.24, 2.45) is 5.41 Å². The van der Waals surface area contributed by atoms with Crippen LogP contribution in [-0.2, 0) is 4.74 Å². The Bertz CT molecular complexity index is 279. The molecular formula is C16H32N2O. The molecule has 1 N–H and O–H groups in total. The van der Waals surface area contributed by atoms with Crippen LogP contribution >= 0.6 is 0 Å². The molecule has 1 aliphatic heterocycles. The van der Waals surface area contributed by atoms with Crippen LogP contribution in [0.5, 0.6) is 0 Å². The highest BCUT2D eigenvalue weighted by Crippen LogP contribution is 2.35. The topological polar surface area (TPSA) is 24.5 Å². The van der Waals surface area contributed by atoms with Gasteiger partial charge in [-0.3, -0.25) is 4.90 Å². The summed E-state index contributed by atoms with van der Waals surface area (Å²) in [6, 6.07) is 0.621. The van der Waals surface area contributed by atoms with Gasteiger partial charge in [-0.05, 0) is 18.3 Å². The summed E-state index contributed by atoms with van der Waals surface area (Å²) in [5, 5.41) is 3.92. The molecule has 2 aliphatic rings. The molecule has 0 bridgehead atoms. The third kappa shape index (κ3) is 3.71. The molecule has 0 aromatic rings. The second-order valence-corrected chi connectivity index (χ2v) is 7.57. The van der Waals surface area contributed by atoms with Crippen LogP contribution in [0.15, 0.2) is 0 Å². The van der Waals surface area contributed by atoms with E-state index < -0.39 is 0 Å². The molecule has 1 heterocycles. The zero-order valence-corrected chi connectivity index (χ0v) is 13.3. The fourth-order valence-corrected chi connectivity index (χ4v) is 3.86. The van der Waals surface area contributed by atoms with Crippen LogP contribution in [-0.4, -0.2) is 49.8 Å². The Morgan fingerprint density at radius 3 is 2.47 bits per heavy atom. The first-order valence-electron chi connectivity index (χ1n) is 7.95. The lowest BCUT2D eigenvalue weighted by Gasteiger charge is -2.53. The van der Waals surface area contributed by atoms with Crippen molar-refractivity contribution in [2.75, 3.05) is 33.4 Å². The summed E-state index contributed by atoms with van der Waals surface area (Å²) in [7, 11) is 1.81. The van der Waals surface area contributed by atoms with Crippen LogP contribution in [0.3, 0.4) is 0 Å². The maximum Gasteiger partial charge on any atom is 0.0589 e. The van der Waals surface area contributed by atoms with Crippen LogP contribution < -0.4 is 5.32 Å². The number of methoxy groups -OCH3 is 1. The first-order chi connectivity index (χ1) is 8.97. The highest BCUT2D eigenvalue weighted by atomic mass is 16.5. The predicted molar refractivity (Wildman–Crippen MR) is 80.5 cm³/mol. The number of hydrogen-bond acceptors (Lipinski definition) is 3. The minimum absolute atomic E-state index is 0.330. The fourth-order valence-electron chi connectivity index (χ4n) is 3.86. The third-order valence-electron chi connectivity index (χ3n) is 5.01. The normalized spacial score (nSPS) is 28.7. The van der Waals surface area contributed by atoms with Gasteiger partial charge in [0.05, 0.1) is 6.61 Å². The van der Waals surface area contributed by atoms with E-state index >= 15 is 0 Å². The quantitative estimate of drug-likeness (QED) is 0.851. The Morgan fingerprint density at radius 1 is 1.21 bits per heavy atom. The molecule has 112 valence electrons. The van der Waals surface area contributed by atoms with E-state index in [1.54, 1.807) is 0 Å². The largest absolute Gasteiger partial charge is 0.383 e. The van der Waals surface area contributed by atoms with Crippen LogP contribution in [0.2, 0.25) is 0 Å². The molecule has 2 fully saturated rings. The van der Waals surface area contributed by atoms with Crippen LogP contribution in [0.4, 0.5) is 0 Å². The van der Waals surface area contributed by atoms with Crippen molar-refractivity contribution in [3.05, 3.63) is 0 Å². The van der Waals surface area contributed by atoms with E-state index in [4.69, 9.17) is 4.74 Å². The molecule has 3 heteroatoms. The molecule has 0 aromatic carbocycles. The van der Waals surface area contributed by atoms with E-state index in [-0.39, 0.29) is 0 Å². The molecule has 1 aliphatic carbocycles. The van der Waals surface area contributed by atoms with Gasteiger partial charge in [0.25, 0.3) is 0 Å². The molecule has 1 saturated carbocycles. The number of rotatable bonds is 3. The number of nitrogens with zero attached hydrogens (tertiary/aromatic N) is 1. The summed E-state index contributed by atoms with van der Waals surface area (Å²) in [6.07, 6.45) is 6.92. The predicted octanol–water partition coefficient (Wildman–Crippen LogP) is 2.66. The van der Waals surface area contributed by atoms with E-state index in [0.29, 0.717) is 17.0 Å². The smallest absolute Gasteiger partial charge is 0.0589 e. The highest BCUT2D eigenvalue weighted by Gasteiger charge is 2.42. The summed E-state index contributed by atoms with van der Waals surface area (Å²) < 4.78 is 5.32. The molecule has 1 atom stereocenters. The minimum Gasteiger partial charge on any atom is -0.383 e. The van der Waals surface area contributed by atoms with Gasteiger partial charge < -0.3 is 10.1 Å². The van der Waals surface area contributed by atoms with Crippen molar-refractivity contribution >= 4 is 0 Å². The molecule has 1 saturated heterocycles. The van der Waals surface area contributed by atoms with Crippen LogP contribution in [0.25, 0.3) is 0 Å². The van der Waals surface area contributed by atoms with Gasteiger partial charge in [-0.25, -0.2) is 0 Å². The van der Waals surface area contributed by atoms with Crippen molar-refractivity contribution in [2.45, 2.75) is 64.5 Å². The summed E-state index contributed by atoms with van der Waals surface area (Å²) in [6.45, 7) is 11.3. The molecule has 1 unspecified atom stereocenters. The van der Waals surface area contributed by atoms with Crippen molar-refractivity contribution in [1.29, 1.82) is 0 Å². The van der Waals surface area contributed by atoms with E-state index in [1.807, 2.05) is 7.11 Å². The van der Waals surface area contributed by atoms with Crippen molar-refractivity contribution in [3.8, 4) is 0 Å². The van der Waals surface area contributed by atoms with Gasteiger partial charge in [-0.2, -0.15) is 0 Å². The second kappa shape index (κ2) is 6.11. The maximum atomic E-state index is 5.32. The maximum absolute atomic E-state index is 5.32. The van der Waals surface area contributed by atoms with Crippen molar-refractivity contribution in [3.63, 3.8) is 0 Å². The lowest BCUT2D eigenvalue weighted by Crippen LogP contribution is -2.67. The van der Waals surface area contributed by atoms with Gasteiger partial charge in [0.2, 0.25) is 0 Å². The second-order valence-electron chi connectivity index (χ2n) is 7.57. The number of ether oxygens (including phenoxy) is 1. The van der Waals surface area contributed by atoms with Crippen LogP contribution in [0.1, 0.15) is 52.9 Å². The minimum atomic E-state index is 0.330. The monoisotopic (exact) mass is 268 g/mol. The van der Waals surface area contributed by atoms with Crippen LogP contribution in [0, 0.1) is 5.41 Å². The molecule has 1 spiro atoms. The Balaban J connectivity index is 2.05. The first-order valence-corrected chi connectivity index (χ1v) is 7.95. The first kappa shape index (κ1) is 15.3. The average molecular weight is 268 g/mol. The molecule has 0 radical (unpaired) electrons. The molecule has 2 rings (SSSR count). The van der Waals surface area contributed by atoms with E-state index in [0.717, 1.165) is 19.7 Å². The number of hydrogen-bond donors (Lipinski definition) is 1. The zero-order chi connectivity index (χ0) is 13.9. The molecule has 3 nitrogen and oxygen atoms in total. The van der Waals surface area contributed by atoms with E-state index in [2.05, 4.69) is 31.0 Å². The Labute approximate surface area is 119 Å². The van der Waals surface area contributed by atoms with Gasteiger partial charge >= 0.3 is 0 Å². The Hall–Kier alpha value is -0.120. The zero-order valence-electron chi connectivity index (χ0n) is 13.3. The van der Waals surface area contributed by atoms with Gasteiger partial charge in [0.1, 0.15) is 0 Å². The Morgan fingerprint density at radius 2 is 1.89 bits per heavy atom. The van der Waals surface area contributed by atoms with Gasteiger partial charge in [-0.15, -0.1) is 0 Å². The fraction of sp³-hybridized carbons (Fsp3) is 1.00. The van der Waals surface area contributed by atoms with Crippen molar-refractivity contribution in [1.82, 2.24) is 10.2 Å². The Kier molecular flexibility index (Phi) is 4.91. The lowest BCUT2D eigenvalue weighted by molar-refractivity contribution is -0.00444. The van der Waals surface area contributed by atoms with E-state index in [9.17, 15) is 0 Å². The highest BCUT2D eigenvalue weighted by molar-refractivity contribution is 5.02. The van der Waals surface area contributed by atoms with Gasteiger partial charge in [0.15, 0.2) is 0 Å². The summed E-state index contributed by atoms with van der Waals surface area (Å²) in [4.78, 5) is 2.69. The summed E-state index contributed by atoms with van der Waals surface area (Å²) in [5.74, 6) is 0. The molecular weight excluding hydrogens is 236 g/mol. The van der Waals surface area contributed by atoms with Crippen molar-refractivity contribution < 1.29 is 4.74 Å².